The third kappa shape index (κ3) is 2.23. The van der Waals surface area contributed by atoms with Gasteiger partial charge >= 0.3 is 0 Å². The molecular weight excluding hydrogens is 292 g/mol. The molecule has 1 N–H and O–H groups in total. The van der Waals surface area contributed by atoms with E-state index in [9.17, 15) is 9.90 Å². The van der Waals surface area contributed by atoms with Gasteiger partial charge in [-0.05, 0) is 66.7 Å². The van der Waals surface area contributed by atoms with E-state index >= 15 is 0 Å². The molecule has 0 amide bonds. The second-order valence-electron chi connectivity index (χ2n) is 7.27. The van der Waals surface area contributed by atoms with Crippen molar-refractivity contribution in [3.63, 3.8) is 0 Å². The van der Waals surface area contributed by atoms with E-state index in [1.165, 1.54) is 11.1 Å². The Labute approximate surface area is 136 Å². The number of aryl methyl sites for hydroxylation is 1. The lowest BCUT2D eigenvalue weighted by Crippen LogP contribution is -2.53. The minimum atomic E-state index is -0.813. The van der Waals surface area contributed by atoms with Crippen molar-refractivity contribution >= 4 is 6.29 Å². The maximum absolute atomic E-state index is 11.2. The summed E-state index contributed by atoms with van der Waals surface area (Å²) >= 11 is 0. The van der Waals surface area contributed by atoms with Gasteiger partial charge in [-0.1, -0.05) is 6.07 Å². The Bertz CT molecular complexity index is 613. The number of carbonyl (C=O) groups excluding carboxylic acids is 1. The molecule has 0 aromatic heterocycles. The fourth-order valence-electron chi connectivity index (χ4n) is 5.19. The highest BCUT2D eigenvalue weighted by atomic mass is 16.5. The van der Waals surface area contributed by atoms with Crippen LogP contribution < -0.4 is 4.74 Å². The maximum Gasteiger partial charge on any atom is 0.120 e. The van der Waals surface area contributed by atoms with Crippen LogP contribution in [0.3, 0.4) is 0 Å². The molecule has 1 aromatic rings. The molecule has 0 radical (unpaired) electrons. The van der Waals surface area contributed by atoms with Crippen LogP contribution >= 0.6 is 0 Å². The van der Waals surface area contributed by atoms with E-state index in [1.807, 2.05) is 6.07 Å². The normalized spacial score (nSPS) is 38.3. The lowest BCUT2D eigenvalue weighted by atomic mass is 9.67. The summed E-state index contributed by atoms with van der Waals surface area (Å²) in [5.74, 6) is 1.55. The molecule has 0 spiro atoms. The smallest absolute Gasteiger partial charge is 0.120 e. The van der Waals surface area contributed by atoms with Crippen molar-refractivity contribution in [3.8, 4) is 5.75 Å². The predicted octanol–water partition coefficient (Wildman–Crippen LogP) is 2.68. The van der Waals surface area contributed by atoms with Crippen LogP contribution in [0.1, 0.15) is 42.9 Å². The molecule has 1 saturated heterocycles. The fourth-order valence-corrected chi connectivity index (χ4v) is 5.19. The van der Waals surface area contributed by atoms with Gasteiger partial charge in [0.15, 0.2) is 0 Å². The summed E-state index contributed by atoms with van der Waals surface area (Å²) in [6.07, 6.45) is 5.44. The van der Waals surface area contributed by atoms with Crippen LogP contribution in [0.5, 0.6) is 5.75 Å². The summed E-state index contributed by atoms with van der Waals surface area (Å²) in [6, 6.07) is 6.22. The SMILES string of the molecule is COc1ccc2c(c1)CC[C@@H]1[C@@H]2OC[C@]2(O)[C@H](CC=O)CC[C@@H]12. The van der Waals surface area contributed by atoms with Crippen LogP contribution in [0.15, 0.2) is 18.2 Å². The zero-order valence-corrected chi connectivity index (χ0v) is 13.5. The average Bonchev–Trinajstić information content (AvgIpc) is 2.91. The van der Waals surface area contributed by atoms with Gasteiger partial charge in [0.05, 0.1) is 25.4 Å². The predicted molar refractivity (Wildman–Crippen MR) is 85.3 cm³/mol. The van der Waals surface area contributed by atoms with E-state index in [1.54, 1.807) is 7.11 Å². The van der Waals surface area contributed by atoms with Gasteiger partial charge in [0.2, 0.25) is 0 Å². The maximum atomic E-state index is 11.2. The lowest BCUT2D eigenvalue weighted by Gasteiger charge is -2.49. The minimum absolute atomic E-state index is 0.0585. The Kier molecular flexibility index (Phi) is 3.69. The highest BCUT2D eigenvalue weighted by Gasteiger charge is 2.57. The fraction of sp³-hybridized carbons (Fsp3) is 0.632. The summed E-state index contributed by atoms with van der Waals surface area (Å²) < 4.78 is 11.5. The van der Waals surface area contributed by atoms with E-state index in [0.29, 0.717) is 18.9 Å². The summed E-state index contributed by atoms with van der Waals surface area (Å²) in [6.45, 7) is 0.350. The minimum Gasteiger partial charge on any atom is -0.497 e. The number of rotatable bonds is 3. The summed E-state index contributed by atoms with van der Waals surface area (Å²) in [5, 5.41) is 11.2. The van der Waals surface area contributed by atoms with Gasteiger partial charge in [-0.25, -0.2) is 0 Å². The molecule has 2 fully saturated rings. The molecule has 5 atom stereocenters. The summed E-state index contributed by atoms with van der Waals surface area (Å²) in [4.78, 5) is 10.9. The van der Waals surface area contributed by atoms with Crippen LogP contribution in [0, 0.1) is 17.8 Å². The van der Waals surface area contributed by atoms with E-state index < -0.39 is 5.60 Å². The number of ether oxygens (including phenoxy) is 2. The zero-order chi connectivity index (χ0) is 16.0. The summed E-state index contributed by atoms with van der Waals surface area (Å²) in [5.41, 5.74) is 1.74. The van der Waals surface area contributed by atoms with Gasteiger partial charge in [-0.2, -0.15) is 0 Å². The van der Waals surface area contributed by atoms with Crippen LogP contribution in [-0.4, -0.2) is 30.7 Å². The van der Waals surface area contributed by atoms with Crippen LogP contribution in [0.4, 0.5) is 0 Å². The Hall–Kier alpha value is -1.39. The third-order valence-electron chi connectivity index (χ3n) is 6.36. The van der Waals surface area contributed by atoms with E-state index in [4.69, 9.17) is 9.47 Å². The first kappa shape index (κ1) is 15.2. The van der Waals surface area contributed by atoms with Crippen molar-refractivity contribution in [1.82, 2.24) is 0 Å². The standard InChI is InChI=1S/C19H24O4/c1-22-14-4-6-15-12(10-14)2-5-16-17-7-3-13(8-9-20)19(17,21)11-23-18(15)16/h4,6,9-10,13,16-18,21H,2-3,5,7-8,11H2,1H3/t13-,16-,17-,18+,19-/m0/s1. The molecule has 1 heterocycles. The molecule has 1 aliphatic heterocycles. The van der Waals surface area contributed by atoms with Crippen LogP contribution in [0.2, 0.25) is 0 Å². The third-order valence-corrected chi connectivity index (χ3v) is 6.36. The molecule has 4 rings (SSSR count). The Balaban J connectivity index is 1.64. The topological polar surface area (TPSA) is 55.8 Å². The van der Waals surface area contributed by atoms with Gasteiger partial charge in [-0.3, -0.25) is 0 Å². The Morgan fingerprint density at radius 1 is 1.39 bits per heavy atom. The monoisotopic (exact) mass is 316 g/mol. The molecule has 2 aliphatic carbocycles. The molecule has 124 valence electrons. The van der Waals surface area contributed by atoms with Gasteiger partial charge in [-0.15, -0.1) is 0 Å². The lowest BCUT2D eigenvalue weighted by molar-refractivity contribution is -0.195. The van der Waals surface area contributed by atoms with Crippen molar-refractivity contribution in [2.75, 3.05) is 13.7 Å². The number of methoxy groups -OCH3 is 1. The molecule has 23 heavy (non-hydrogen) atoms. The number of aldehydes is 1. The van der Waals surface area contributed by atoms with Gasteiger partial charge in [0.1, 0.15) is 12.0 Å². The van der Waals surface area contributed by atoms with Gasteiger partial charge < -0.3 is 19.4 Å². The number of benzene rings is 1. The summed E-state index contributed by atoms with van der Waals surface area (Å²) in [7, 11) is 1.69. The highest BCUT2D eigenvalue weighted by molar-refractivity contribution is 5.50. The van der Waals surface area contributed by atoms with Crippen molar-refractivity contribution in [3.05, 3.63) is 29.3 Å². The van der Waals surface area contributed by atoms with Gasteiger partial charge in [0.25, 0.3) is 0 Å². The first-order valence-electron chi connectivity index (χ1n) is 8.62. The molecule has 1 aromatic carbocycles. The van der Waals surface area contributed by atoms with Gasteiger partial charge in [0, 0.05) is 6.42 Å². The molecule has 4 nitrogen and oxygen atoms in total. The quantitative estimate of drug-likeness (QED) is 0.871. The first-order valence-corrected chi connectivity index (χ1v) is 8.62. The second kappa shape index (κ2) is 5.60. The van der Waals surface area contributed by atoms with E-state index in [-0.39, 0.29) is 17.9 Å². The Morgan fingerprint density at radius 3 is 3.04 bits per heavy atom. The molecule has 3 aliphatic rings. The number of hydrogen-bond acceptors (Lipinski definition) is 4. The molecular formula is C19H24O4. The highest BCUT2D eigenvalue weighted by Crippen LogP contribution is 2.56. The first-order chi connectivity index (χ1) is 11.2. The number of fused-ring (bicyclic) bond motifs is 5. The van der Waals surface area contributed by atoms with Crippen molar-refractivity contribution in [1.29, 1.82) is 0 Å². The van der Waals surface area contributed by atoms with Crippen LogP contribution in [0.25, 0.3) is 0 Å². The molecule has 1 saturated carbocycles. The van der Waals surface area contributed by atoms with Crippen molar-refractivity contribution < 1.29 is 19.4 Å². The van der Waals surface area contributed by atoms with Crippen LogP contribution in [-0.2, 0) is 16.0 Å². The van der Waals surface area contributed by atoms with Crippen molar-refractivity contribution in [2.45, 2.75) is 43.8 Å². The molecule has 0 unspecified atom stereocenters. The Morgan fingerprint density at radius 2 is 2.26 bits per heavy atom. The number of carbonyl (C=O) groups is 1. The average molecular weight is 316 g/mol. The molecule has 4 heteroatoms. The van der Waals surface area contributed by atoms with E-state index in [2.05, 4.69) is 12.1 Å². The zero-order valence-electron chi connectivity index (χ0n) is 13.5. The van der Waals surface area contributed by atoms with E-state index in [0.717, 1.165) is 37.7 Å². The van der Waals surface area contributed by atoms with Crippen molar-refractivity contribution in [2.24, 2.45) is 17.8 Å². The second-order valence-corrected chi connectivity index (χ2v) is 7.27. The number of aliphatic hydroxyl groups is 1. The largest absolute Gasteiger partial charge is 0.497 e. The molecule has 0 bridgehead atoms. The number of hydrogen-bond donors (Lipinski definition) is 1.